The van der Waals surface area contributed by atoms with Gasteiger partial charge >= 0.3 is 0 Å². The van der Waals surface area contributed by atoms with Crippen LogP contribution in [-0.2, 0) is 22.4 Å². The van der Waals surface area contributed by atoms with Crippen molar-refractivity contribution < 1.29 is 14.3 Å². The van der Waals surface area contributed by atoms with Gasteiger partial charge < -0.3 is 20.4 Å². The predicted octanol–water partition coefficient (Wildman–Crippen LogP) is 2.58. The van der Waals surface area contributed by atoms with Crippen molar-refractivity contribution in [3.63, 3.8) is 0 Å². The zero-order valence-corrected chi connectivity index (χ0v) is 15.5. The molecule has 2 amide bonds. The lowest BCUT2D eigenvalue weighted by Gasteiger charge is -2.17. The van der Waals surface area contributed by atoms with Gasteiger partial charge in [0.1, 0.15) is 11.6 Å². The van der Waals surface area contributed by atoms with Crippen molar-refractivity contribution in [3.05, 3.63) is 53.9 Å². The Morgan fingerprint density at radius 1 is 1.18 bits per heavy atom. The van der Waals surface area contributed by atoms with Gasteiger partial charge in [-0.1, -0.05) is 12.1 Å². The van der Waals surface area contributed by atoms with Gasteiger partial charge in [0.25, 0.3) is 5.91 Å². The van der Waals surface area contributed by atoms with Gasteiger partial charge in [-0.3, -0.25) is 9.59 Å². The minimum Gasteiger partial charge on any atom is -0.484 e. The highest BCUT2D eigenvalue weighted by molar-refractivity contribution is 5.94. The molecular weight excluding hydrogens is 356 g/mol. The summed E-state index contributed by atoms with van der Waals surface area (Å²) in [5, 5.41) is 5.69. The van der Waals surface area contributed by atoms with Crippen LogP contribution in [0.4, 0.5) is 5.69 Å². The molecule has 3 aromatic rings. The molecule has 2 aromatic carbocycles. The summed E-state index contributed by atoms with van der Waals surface area (Å²) in [5.41, 5.74) is 3.83. The Bertz CT molecular complexity index is 979. The number of hydrogen-bond acceptors (Lipinski definition) is 4. The number of aromatic amines is 1. The first kappa shape index (κ1) is 18.0. The quantitative estimate of drug-likeness (QED) is 0.551. The normalized spacial score (nSPS) is 13.1. The SMILES string of the molecule is O=C(COc1ccc2c(c1)CCC(=O)N2)NCCCc1nc2ccccc2[nH]1. The molecule has 0 bridgehead atoms. The first-order chi connectivity index (χ1) is 13.7. The van der Waals surface area contributed by atoms with Crippen molar-refractivity contribution in [2.24, 2.45) is 0 Å². The predicted molar refractivity (Wildman–Crippen MR) is 106 cm³/mol. The summed E-state index contributed by atoms with van der Waals surface area (Å²) in [6, 6.07) is 13.4. The summed E-state index contributed by atoms with van der Waals surface area (Å²) in [7, 11) is 0. The highest BCUT2D eigenvalue weighted by atomic mass is 16.5. The summed E-state index contributed by atoms with van der Waals surface area (Å²) in [5.74, 6) is 1.43. The van der Waals surface area contributed by atoms with E-state index in [2.05, 4.69) is 20.6 Å². The Balaban J connectivity index is 1.19. The lowest BCUT2D eigenvalue weighted by molar-refractivity contribution is -0.123. The number of carbonyl (C=O) groups excluding carboxylic acids is 2. The fourth-order valence-electron chi connectivity index (χ4n) is 3.26. The third kappa shape index (κ3) is 4.31. The molecule has 28 heavy (non-hydrogen) atoms. The minimum atomic E-state index is -0.157. The number of amides is 2. The van der Waals surface area contributed by atoms with Crippen LogP contribution >= 0.6 is 0 Å². The van der Waals surface area contributed by atoms with Gasteiger partial charge in [-0.25, -0.2) is 4.98 Å². The van der Waals surface area contributed by atoms with E-state index in [1.54, 1.807) is 6.07 Å². The number of H-pyrrole nitrogens is 1. The monoisotopic (exact) mass is 378 g/mol. The second-order valence-corrected chi connectivity index (χ2v) is 6.81. The van der Waals surface area contributed by atoms with E-state index in [0.29, 0.717) is 25.1 Å². The van der Waals surface area contributed by atoms with E-state index in [-0.39, 0.29) is 18.4 Å². The number of hydrogen-bond donors (Lipinski definition) is 3. The Labute approximate surface area is 162 Å². The number of rotatable bonds is 7. The van der Waals surface area contributed by atoms with Crippen LogP contribution in [0.2, 0.25) is 0 Å². The molecule has 0 radical (unpaired) electrons. The molecule has 0 aliphatic carbocycles. The van der Waals surface area contributed by atoms with Crippen LogP contribution in [0, 0.1) is 0 Å². The van der Waals surface area contributed by atoms with Gasteiger partial charge in [0.05, 0.1) is 11.0 Å². The Morgan fingerprint density at radius 2 is 2.07 bits per heavy atom. The smallest absolute Gasteiger partial charge is 0.257 e. The number of nitrogens with zero attached hydrogens (tertiary/aromatic N) is 1. The van der Waals surface area contributed by atoms with E-state index in [1.807, 2.05) is 36.4 Å². The summed E-state index contributed by atoms with van der Waals surface area (Å²) in [4.78, 5) is 31.2. The van der Waals surface area contributed by atoms with Crippen LogP contribution in [0.1, 0.15) is 24.2 Å². The number of aromatic nitrogens is 2. The molecular formula is C21H22N4O3. The number of carbonyl (C=O) groups is 2. The molecule has 4 rings (SSSR count). The molecule has 7 heteroatoms. The molecule has 1 aromatic heterocycles. The zero-order chi connectivity index (χ0) is 19.3. The fraction of sp³-hybridized carbons (Fsp3) is 0.286. The molecule has 0 saturated carbocycles. The van der Waals surface area contributed by atoms with E-state index >= 15 is 0 Å². The molecule has 7 nitrogen and oxygen atoms in total. The number of fused-ring (bicyclic) bond motifs is 2. The van der Waals surface area contributed by atoms with Crippen LogP contribution in [0.3, 0.4) is 0 Å². The summed E-state index contributed by atoms with van der Waals surface area (Å²) in [6.07, 6.45) is 2.73. The minimum absolute atomic E-state index is 0.0307. The van der Waals surface area contributed by atoms with Crippen LogP contribution in [0.15, 0.2) is 42.5 Å². The molecule has 2 heterocycles. The first-order valence-corrected chi connectivity index (χ1v) is 9.43. The van der Waals surface area contributed by atoms with Crippen molar-refractivity contribution in [2.75, 3.05) is 18.5 Å². The Hall–Kier alpha value is -3.35. The van der Waals surface area contributed by atoms with Gasteiger partial charge in [-0.15, -0.1) is 0 Å². The van der Waals surface area contributed by atoms with Gasteiger partial charge in [0.15, 0.2) is 6.61 Å². The Morgan fingerprint density at radius 3 is 2.96 bits per heavy atom. The largest absolute Gasteiger partial charge is 0.484 e. The molecule has 144 valence electrons. The fourth-order valence-corrected chi connectivity index (χ4v) is 3.26. The summed E-state index contributed by atoms with van der Waals surface area (Å²) in [6.45, 7) is 0.533. The van der Waals surface area contributed by atoms with E-state index in [1.165, 1.54) is 0 Å². The lowest BCUT2D eigenvalue weighted by atomic mass is 10.0. The number of imidazole rings is 1. The lowest BCUT2D eigenvalue weighted by Crippen LogP contribution is -2.30. The third-order valence-corrected chi connectivity index (χ3v) is 4.69. The van der Waals surface area contributed by atoms with E-state index in [9.17, 15) is 9.59 Å². The topological polar surface area (TPSA) is 96.1 Å². The molecule has 0 atom stereocenters. The molecule has 0 unspecified atom stereocenters. The Kier molecular flexibility index (Phi) is 5.23. The second-order valence-electron chi connectivity index (χ2n) is 6.81. The zero-order valence-electron chi connectivity index (χ0n) is 15.5. The van der Waals surface area contributed by atoms with Gasteiger partial charge in [-0.05, 0) is 48.7 Å². The summed E-state index contributed by atoms with van der Waals surface area (Å²) < 4.78 is 5.57. The molecule has 1 aliphatic rings. The number of anilines is 1. The van der Waals surface area contributed by atoms with Crippen molar-refractivity contribution in [1.29, 1.82) is 0 Å². The van der Waals surface area contributed by atoms with E-state index in [4.69, 9.17) is 4.74 Å². The second kappa shape index (κ2) is 8.12. The number of nitrogens with one attached hydrogen (secondary N) is 3. The van der Waals surface area contributed by atoms with Gasteiger partial charge in [0, 0.05) is 25.1 Å². The summed E-state index contributed by atoms with van der Waals surface area (Å²) >= 11 is 0. The standard InChI is InChI=1S/C21H22N4O3/c26-20-10-7-14-12-15(8-9-16(14)25-20)28-13-21(27)22-11-3-6-19-23-17-4-1-2-5-18(17)24-19/h1-2,4-5,8-9,12H,3,6-7,10-11,13H2,(H,22,27)(H,23,24)(H,25,26). The third-order valence-electron chi connectivity index (χ3n) is 4.69. The number of para-hydroxylation sites is 2. The van der Waals surface area contributed by atoms with Crippen LogP contribution in [0.25, 0.3) is 11.0 Å². The highest BCUT2D eigenvalue weighted by Crippen LogP contribution is 2.26. The van der Waals surface area contributed by atoms with Crippen LogP contribution in [0.5, 0.6) is 5.75 Å². The van der Waals surface area contributed by atoms with Crippen molar-refractivity contribution in [1.82, 2.24) is 15.3 Å². The number of benzene rings is 2. The van der Waals surface area contributed by atoms with Crippen LogP contribution in [-0.4, -0.2) is 34.9 Å². The van der Waals surface area contributed by atoms with E-state index < -0.39 is 0 Å². The average Bonchev–Trinajstić information content (AvgIpc) is 3.12. The number of aryl methyl sites for hydroxylation is 2. The van der Waals surface area contributed by atoms with Crippen molar-refractivity contribution in [2.45, 2.75) is 25.7 Å². The maximum Gasteiger partial charge on any atom is 0.257 e. The van der Waals surface area contributed by atoms with Gasteiger partial charge in [-0.2, -0.15) is 0 Å². The van der Waals surface area contributed by atoms with Crippen LogP contribution < -0.4 is 15.4 Å². The van der Waals surface area contributed by atoms with Crippen molar-refractivity contribution >= 4 is 28.5 Å². The molecule has 3 N–H and O–H groups in total. The van der Waals surface area contributed by atoms with Gasteiger partial charge in [0.2, 0.25) is 5.91 Å². The highest BCUT2D eigenvalue weighted by Gasteiger charge is 2.15. The molecule has 0 fully saturated rings. The number of ether oxygens (including phenoxy) is 1. The maximum atomic E-state index is 12.0. The molecule has 0 saturated heterocycles. The van der Waals surface area contributed by atoms with Crippen molar-refractivity contribution in [3.8, 4) is 5.75 Å². The molecule has 0 spiro atoms. The first-order valence-electron chi connectivity index (χ1n) is 9.43. The maximum absolute atomic E-state index is 12.0. The van der Waals surface area contributed by atoms with E-state index in [0.717, 1.165) is 41.0 Å². The average molecular weight is 378 g/mol. The molecule has 1 aliphatic heterocycles.